The molecule has 0 saturated carbocycles. The summed E-state index contributed by atoms with van der Waals surface area (Å²) < 4.78 is 13.0. The van der Waals surface area contributed by atoms with E-state index in [2.05, 4.69) is 0 Å². The first-order valence-corrected chi connectivity index (χ1v) is 4.81. The van der Waals surface area contributed by atoms with Crippen LogP contribution in [0.25, 0.3) is 0 Å². The summed E-state index contributed by atoms with van der Waals surface area (Å²) in [5, 5.41) is 19.1. The molecule has 2 atom stereocenters. The number of aliphatic hydroxyl groups is 2. The maximum Gasteiger partial charge on any atom is 0.220 e. The number of rotatable bonds is 4. The van der Waals surface area contributed by atoms with Gasteiger partial charge in [0.05, 0.1) is 12.5 Å². The van der Waals surface area contributed by atoms with Gasteiger partial charge in [0.1, 0.15) is 11.9 Å². The van der Waals surface area contributed by atoms with E-state index in [4.69, 9.17) is 5.73 Å². The van der Waals surface area contributed by atoms with E-state index in [1.54, 1.807) is 6.92 Å². The van der Waals surface area contributed by atoms with Crippen LogP contribution >= 0.6 is 0 Å². The fraction of sp³-hybridized carbons (Fsp3) is 0.364. The lowest BCUT2D eigenvalue weighted by molar-refractivity contribution is -0.121. The molecule has 0 radical (unpaired) electrons. The second-order valence-electron chi connectivity index (χ2n) is 3.74. The van der Waals surface area contributed by atoms with Gasteiger partial charge in [-0.25, -0.2) is 4.39 Å². The lowest BCUT2D eigenvalue weighted by Crippen LogP contribution is -2.25. The van der Waals surface area contributed by atoms with E-state index in [9.17, 15) is 19.4 Å². The Morgan fingerprint density at radius 2 is 2.06 bits per heavy atom. The van der Waals surface area contributed by atoms with Crippen molar-refractivity contribution < 1.29 is 19.4 Å². The Labute approximate surface area is 92.5 Å². The third-order valence-electron chi connectivity index (χ3n) is 2.18. The number of primary amides is 1. The summed E-state index contributed by atoms with van der Waals surface area (Å²) in [5.41, 5.74) is 5.74. The summed E-state index contributed by atoms with van der Waals surface area (Å²) in [7, 11) is 0. The minimum atomic E-state index is -1.32. The van der Waals surface area contributed by atoms with Gasteiger partial charge in [-0.3, -0.25) is 4.79 Å². The predicted octanol–water partition coefficient (Wildman–Crippen LogP) is 0.404. The molecule has 0 aliphatic heterocycles. The van der Waals surface area contributed by atoms with E-state index in [0.29, 0.717) is 5.56 Å². The van der Waals surface area contributed by atoms with E-state index in [0.717, 1.165) is 6.07 Å². The van der Waals surface area contributed by atoms with Gasteiger partial charge in [-0.2, -0.15) is 0 Å². The second kappa shape index (κ2) is 5.05. The number of aryl methyl sites for hydroxylation is 1. The van der Waals surface area contributed by atoms with Gasteiger partial charge in [-0.15, -0.1) is 0 Å². The topological polar surface area (TPSA) is 83.6 Å². The molecular formula is C11H14FNO3. The minimum Gasteiger partial charge on any atom is -0.390 e. The number of halogens is 1. The number of hydrogen-bond acceptors (Lipinski definition) is 3. The Kier molecular flexibility index (Phi) is 3.98. The Hall–Kier alpha value is -1.46. The molecule has 5 heteroatoms. The average molecular weight is 227 g/mol. The van der Waals surface area contributed by atoms with Crippen molar-refractivity contribution in [2.45, 2.75) is 25.6 Å². The summed E-state index contributed by atoms with van der Waals surface area (Å²) in [6.45, 7) is 1.67. The molecule has 1 rings (SSSR count). The Morgan fingerprint density at radius 3 is 2.56 bits per heavy atom. The largest absolute Gasteiger partial charge is 0.390 e. The van der Waals surface area contributed by atoms with Crippen molar-refractivity contribution in [3.8, 4) is 0 Å². The summed E-state index contributed by atoms with van der Waals surface area (Å²) >= 11 is 0. The van der Waals surface area contributed by atoms with Crippen LogP contribution in [0.2, 0.25) is 0 Å². The third kappa shape index (κ3) is 3.29. The molecule has 0 bridgehead atoms. The van der Waals surface area contributed by atoms with Crippen LogP contribution < -0.4 is 5.73 Å². The van der Waals surface area contributed by atoms with Gasteiger partial charge in [-0.05, 0) is 30.2 Å². The summed E-state index contributed by atoms with van der Waals surface area (Å²) in [6.07, 6.45) is -3.00. The molecule has 1 aromatic rings. The molecule has 0 saturated heterocycles. The molecule has 16 heavy (non-hydrogen) atoms. The monoisotopic (exact) mass is 227 g/mol. The molecule has 2 unspecified atom stereocenters. The van der Waals surface area contributed by atoms with Gasteiger partial charge in [0.2, 0.25) is 5.91 Å². The first kappa shape index (κ1) is 12.6. The van der Waals surface area contributed by atoms with Gasteiger partial charge in [-0.1, -0.05) is 6.07 Å². The standard InChI is InChI=1S/C11H14FNO3/c1-6-2-7(4-8(12)3-6)11(16)9(14)5-10(13)15/h2-4,9,11,14,16H,5H2,1H3,(H2,13,15). The first-order valence-electron chi connectivity index (χ1n) is 4.81. The molecule has 0 heterocycles. The average Bonchev–Trinajstić information content (AvgIpc) is 2.13. The zero-order valence-corrected chi connectivity index (χ0v) is 8.85. The maximum absolute atomic E-state index is 13.0. The van der Waals surface area contributed by atoms with Crippen molar-refractivity contribution >= 4 is 5.91 Å². The summed E-state index contributed by atoms with van der Waals surface area (Å²) in [4.78, 5) is 10.6. The van der Waals surface area contributed by atoms with Crippen LogP contribution in [0, 0.1) is 12.7 Å². The third-order valence-corrected chi connectivity index (χ3v) is 2.18. The predicted molar refractivity (Wildman–Crippen MR) is 55.9 cm³/mol. The van der Waals surface area contributed by atoms with Gasteiger partial charge in [0, 0.05) is 0 Å². The number of aliphatic hydroxyl groups excluding tert-OH is 2. The first-order chi connectivity index (χ1) is 7.40. The lowest BCUT2D eigenvalue weighted by atomic mass is 10.00. The Morgan fingerprint density at radius 1 is 1.44 bits per heavy atom. The number of nitrogens with two attached hydrogens (primary N) is 1. The molecular weight excluding hydrogens is 213 g/mol. The van der Waals surface area contributed by atoms with Crippen LogP contribution in [-0.4, -0.2) is 22.2 Å². The van der Waals surface area contributed by atoms with E-state index in [1.165, 1.54) is 12.1 Å². The second-order valence-corrected chi connectivity index (χ2v) is 3.74. The summed E-state index contributed by atoms with van der Waals surface area (Å²) in [5.74, 6) is -1.22. The van der Waals surface area contributed by atoms with Crippen LogP contribution in [0.15, 0.2) is 18.2 Å². The zero-order valence-electron chi connectivity index (χ0n) is 8.85. The van der Waals surface area contributed by atoms with Gasteiger partial charge < -0.3 is 15.9 Å². The zero-order chi connectivity index (χ0) is 12.3. The number of hydrogen-bond donors (Lipinski definition) is 3. The van der Waals surface area contributed by atoms with Gasteiger partial charge in [0.15, 0.2) is 0 Å². The fourth-order valence-electron chi connectivity index (χ4n) is 1.48. The van der Waals surface area contributed by atoms with Crippen molar-refractivity contribution in [1.82, 2.24) is 0 Å². The van der Waals surface area contributed by atoms with E-state index >= 15 is 0 Å². The highest BCUT2D eigenvalue weighted by atomic mass is 19.1. The molecule has 0 aromatic heterocycles. The maximum atomic E-state index is 13.0. The van der Waals surface area contributed by atoms with Crippen molar-refractivity contribution in [2.24, 2.45) is 5.73 Å². The smallest absolute Gasteiger partial charge is 0.220 e. The quantitative estimate of drug-likeness (QED) is 0.696. The fourth-order valence-corrected chi connectivity index (χ4v) is 1.48. The number of carbonyl (C=O) groups is 1. The van der Waals surface area contributed by atoms with Crippen LogP contribution in [-0.2, 0) is 4.79 Å². The number of amides is 1. The highest BCUT2D eigenvalue weighted by Crippen LogP contribution is 2.21. The van der Waals surface area contributed by atoms with Gasteiger partial charge in [0.25, 0.3) is 0 Å². The molecule has 0 aliphatic carbocycles. The number of benzene rings is 1. The van der Waals surface area contributed by atoms with E-state index < -0.39 is 23.9 Å². The molecule has 0 aliphatic rings. The minimum absolute atomic E-state index is 0.228. The lowest BCUT2D eigenvalue weighted by Gasteiger charge is -2.17. The SMILES string of the molecule is Cc1cc(F)cc(C(O)C(O)CC(N)=O)c1. The van der Waals surface area contributed by atoms with E-state index in [-0.39, 0.29) is 12.0 Å². The van der Waals surface area contributed by atoms with Crippen molar-refractivity contribution in [1.29, 1.82) is 0 Å². The molecule has 4 N–H and O–H groups in total. The van der Waals surface area contributed by atoms with Crippen LogP contribution in [0.5, 0.6) is 0 Å². The number of carbonyl (C=O) groups excluding carboxylic acids is 1. The van der Waals surface area contributed by atoms with Crippen LogP contribution in [0.4, 0.5) is 4.39 Å². The Bertz CT molecular complexity index is 375. The molecule has 0 fully saturated rings. The summed E-state index contributed by atoms with van der Waals surface area (Å²) in [6, 6.07) is 3.95. The normalized spacial score (nSPS) is 14.5. The van der Waals surface area contributed by atoms with Gasteiger partial charge >= 0.3 is 0 Å². The molecule has 0 spiro atoms. The molecule has 1 amide bonds. The van der Waals surface area contributed by atoms with Crippen LogP contribution in [0.3, 0.4) is 0 Å². The van der Waals surface area contributed by atoms with Crippen molar-refractivity contribution in [3.05, 3.63) is 35.1 Å². The van der Waals surface area contributed by atoms with E-state index in [1.807, 2.05) is 0 Å². The van der Waals surface area contributed by atoms with Crippen molar-refractivity contribution in [2.75, 3.05) is 0 Å². The highest BCUT2D eigenvalue weighted by Gasteiger charge is 2.20. The van der Waals surface area contributed by atoms with Crippen molar-refractivity contribution in [3.63, 3.8) is 0 Å². The Balaban J connectivity index is 2.86. The highest BCUT2D eigenvalue weighted by molar-refractivity contribution is 5.74. The molecule has 4 nitrogen and oxygen atoms in total. The molecule has 88 valence electrons. The van der Waals surface area contributed by atoms with Crippen LogP contribution in [0.1, 0.15) is 23.7 Å². The molecule has 1 aromatic carbocycles.